The van der Waals surface area contributed by atoms with E-state index < -0.39 is 21.9 Å². The van der Waals surface area contributed by atoms with Crippen molar-refractivity contribution in [3.63, 3.8) is 0 Å². The third-order valence-corrected chi connectivity index (χ3v) is 6.13. The molecule has 2 aromatic carbocycles. The summed E-state index contributed by atoms with van der Waals surface area (Å²) in [5.74, 6) is -0.771. The number of nitrogens with zero attached hydrogens (tertiary/aromatic N) is 1. The minimum atomic E-state index is -3.80. The Labute approximate surface area is 176 Å². The maximum Gasteiger partial charge on any atom is 0.338 e. The van der Waals surface area contributed by atoms with Crippen molar-refractivity contribution in [3.05, 3.63) is 53.6 Å². The van der Waals surface area contributed by atoms with Gasteiger partial charge in [0.25, 0.3) is 5.91 Å². The van der Waals surface area contributed by atoms with Crippen LogP contribution in [0.4, 0.5) is 5.69 Å². The van der Waals surface area contributed by atoms with Crippen LogP contribution in [0.1, 0.15) is 40.5 Å². The average molecular weight is 435 g/mol. The predicted octanol–water partition coefficient (Wildman–Crippen LogP) is 3.15. The molecule has 8 nitrogen and oxygen atoms in total. The van der Waals surface area contributed by atoms with E-state index in [0.717, 1.165) is 17.1 Å². The van der Waals surface area contributed by atoms with Gasteiger partial charge in [-0.3, -0.25) is 4.79 Å². The molecule has 0 heterocycles. The maximum atomic E-state index is 12.6. The lowest BCUT2D eigenvalue weighted by Gasteiger charge is -2.15. The Kier molecular flexibility index (Phi) is 7.96. The Balaban J connectivity index is 2.17. The molecule has 162 valence electrons. The number of hydrogen-bond acceptors (Lipinski definition) is 6. The Morgan fingerprint density at radius 2 is 1.67 bits per heavy atom. The molecular formula is C21H26N2O6S. The lowest BCUT2D eigenvalue weighted by molar-refractivity contribution is 0.0499. The Morgan fingerprint density at radius 3 is 2.23 bits per heavy atom. The second-order valence-corrected chi connectivity index (χ2v) is 8.79. The minimum absolute atomic E-state index is 0.104. The highest BCUT2D eigenvalue weighted by Gasteiger charge is 2.24. The van der Waals surface area contributed by atoms with Gasteiger partial charge in [0.1, 0.15) is 10.6 Å². The van der Waals surface area contributed by atoms with E-state index in [1.165, 1.54) is 39.4 Å². The number of rotatable bonds is 9. The van der Waals surface area contributed by atoms with Crippen LogP contribution in [0.3, 0.4) is 0 Å². The Morgan fingerprint density at radius 1 is 1.03 bits per heavy atom. The number of unbranched alkanes of at least 4 members (excludes halogenated alkanes) is 1. The molecule has 30 heavy (non-hydrogen) atoms. The third-order valence-electron chi connectivity index (χ3n) is 4.29. The van der Waals surface area contributed by atoms with E-state index >= 15 is 0 Å². The monoisotopic (exact) mass is 434 g/mol. The summed E-state index contributed by atoms with van der Waals surface area (Å²) >= 11 is 0. The molecule has 0 atom stereocenters. The molecule has 1 amide bonds. The van der Waals surface area contributed by atoms with Crippen molar-refractivity contribution in [2.24, 2.45) is 0 Å². The molecule has 0 bridgehead atoms. The molecule has 0 saturated heterocycles. The second-order valence-electron chi connectivity index (χ2n) is 6.67. The van der Waals surface area contributed by atoms with Crippen LogP contribution >= 0.6 is 0 Å². The quantitative estimate of drug-likeness (QED) is 0.480. The normalized spacial score (nSPS) is 11.2. The van der Waals surface area contributed by atoms with E-state index in [9.17, 15) is 18.0 Å². The van der Waals surface area contributed by atoms with Gasteiger partial charge in [0.15, 0.2) is 0 Å². The highest BCUT2D eigenvalue weighted by molar-refractivity contribution is 7.89. The largest absolute Gasteiger partial charge is 0.495 e. The number of amides is 1. The molecule has 0 spiro atoms. The van der Waals surface area contributed by atoms with Gasteiger partial charge in [0.05, 0.1) is 19.3 Å². The van der Waals surface area contributed by atoms with E-state index in [1.54, 1.807) is 24.3 Å². The highest BCUT2D eigenvalue weighted by atomic mass is 32.2. The fourth-order valence-corrected chi connectivity index (χ4v) is 3.58. The average Bonchev–Trinajstić information content (AvgIpc) is 2.73. The van der Waals surface area contributed by atoms with Crippen LogP contribution in [0.5, 0.6) is 5.75 Å². The van der Waals surface area contributed by atoms with Gasteiger partial charge in [0, 0.05) is 25.3 Å². The first-order valence-corrected chi connectivity index (χ1v) is 10.8. The molecule has 0 unspecified atom stereocenters. The van der Waals surface area contributed by atoms with E-state index in [-0.39, 0.29) is 16.2 Å². The fraction of sp³-hybridized carbons (Fsp3) is 0.333. The van der Waals surface area contributed by atoms with Crippen molar-refractivity contribution in [2.75, 3.05) is 33.1 Å². The van der Waals surface area contributed by atoms with Gasteiger partial charge >= 0.3 is 5.97 Å². The maximum absolute atomic E-state index is 12.6. The number of hydrogen-bond donors (Lipinski definition) is 1. The summed E-state index contributed by atoms with van der Waals surface area (Å²) in [6, 6.07) is 10.4. The molecule has 0 radical (unpaired) electrons. The van der Waals surface area contributed by atoms with Crippen LogP contribution in [-0.2, 0) is 14.8 Å². The van der Waals surface area contributed by atoms with Crippen LogP contribution < -0.4 is 10.1 Å². The molecule has 2 aromatic rings. The smallest absolute Gasteiger partial charge is 0.338 e. The first-order chi connectivity index (χ1) is 14.2. The lowest BCUT2D eigenvalue weighted by Crippen LogP contribution is -2.23. The number of carbonyl (C=O) groups excluding carboxylic acids is 2. The van der Waals surface area contributed by atoms with Gasteiger partial charge in [-0.05, 0) is 48.9 Å². The van der Waals surface area contributed by atoms with Crippen LogP contribution in [-0.4, -0.2) is 52.4 Å². The van der Waals surface area contributed by atoms with E-state index in [0.29, 0.717) is 17.9 Å². The molecule has 2 rings (SSSR count). The number of ether oxygens (including phenoxy) is 2. The summed E-state index contributed by atoms with van der Waals surface area (Å²) in [4.78, 5) is 24.4. The van der Waals surface area contributed by atoms with E-state index in [4.69, 9.17) is 9.47 Å². The number of sulfonamides is 1. The number of methoxy groups -OCH3 is 1. The zero-order valence-corrected chi connectivity index (χ0v) is 18.3. The van der Waals surface area contributed by atoms with E-state index in [1.807, 2.05) is 6.92 Å². The predicted molar refractivity (Wildman–Crippen MR) is 113 cm³/mol. The van der Waals surface area contributed by atoms with Gasteiger partial charge in [-0.25, -0.2) is 17.5 Å². The molecule has 0 saturated carbocycles. The summed E-state index contributed by atoms with van der Waals surface area (Å²) < 4.78 is 36.3. The number of nitrogens with one attached hydrogen (secondary N) is 1. The van der Waals surface area contributed by atoms with Crippen LogP contribution in [0.25, 0.3) is 0 Å². The molecule has 9 heteroatoms. The zero-order valence-electron chi connectivity index (χ0n) is 17.5. The molecular weight excluding hydrogens is 408 g/mol. The third kappa shape index (κ3) is 5.58. The summed E-state index contributed by atoms with van der Waals surface area (Å²) in [5.41, 5.74) is 0.991. The summed E-state index contributed by atoms with van der Waals surface area (Å²) in [6.07, 6.45) is 1.73. The topological polar surface area (TPSA) is 102 Å². The van der Waals surface area contributed by atoms with Crippen molar-refractivity contribution in [2.45, 2.75) is 24.7 Å². The molecule has 0 aliphatic carbocycles. The Hall–Kier alpha value is -2.91. The van der Waals surface area contributed by atoms with Gasteiger partial charge in [-0.1, -0.05) is 13.3 Å². The highest BCUT2D eigenvalue weighted by Crippen LogP contribution is 2.27. The lowest BCUT2D eigenvalue weighted by atomic mass is 10.1. The number of esters is 1. The zero-order chi connectivity index (χ0) is 22.3. The SMILES string of the molecule is CCCCOC(=O)c1ccc(NC(=O)c2ccc(OC)c(S(=O)(=O)N(C)C)c2)cc1. The second kappa shape index (κ2) is 10.2. The number of benzene rings is 2. The van der Waals surface area contributed by atoms with Crippen molar-refractivity contribution in [3.8, 4) is 5.75 Å². The molecule has 0 fully saturated rings. The van der Waals surface area contributed by atoms with Crippen LogP contribution in [0.2, 0.25) is 0 Å². The van der Waals surface area contributed by atoms with E-state index in [2.05, 4.69) is 5.32 Å². The van der Waals surface area contributed by atoms with Gasteiger partial charge in [-0.15, -0.1) is 0 Å². The van der Waals surface area contributed by atoms with Crippen LogP contribution in [0, 0.1) is 0 Å². The molecule has 0 aromatic heterocycles. The van der Waals surface area contributed by atoms with Crippen molar-refractivity contribution in [1.82, 2.24) is 4.31 Å². The minimum Gasteiger partial charge on any atom is -0.495 e. The fourth-order valence-electron chi connectivity index (χ4n) is 2.50. The van der Waals surface area contributed by atoms with Crippen molar-refractivity contribution < 1.29 is 27.5 Å². The summed E-state index contributed by atoms with van der Waals surface area (Å²) in [6.45, 7) is 2.37. The first-order valence-electron chi connectivity index (χ1n) is 9.39. The van der Waals surface area contributed by atoms with Gasteiger partial charge in [-0.2, -0.15) is 0 Å². The number of carbonyl (C=O) groups is 2. The summed E-state index contributed by atoms with van der Waals surface area (Å²) in [7, 11) is 0.361. The summed E-state index contributed by atoms with van der Waals surface area (Å²) in [5, 5.41) is 2.68. The van der Waals surface area contributed by atoms with Gasteiger partial charge < -0.3 is 14.8 Å². The standard InChI is InChI=1S/C21H26N2O6S/c1-5-6-13-29-21(25)15-7-10-17(11-8-15)22-20(24)16-9-12-18(28-4)19(14-16)30(26,27)23(2)3/h7-12,14H,5-6,13H2,1-4H3,(H,22,24). The van der Waals surface area contributed by atoms with Gasteiger partial charge in [0.2, 0.25) is 10.0 Å². The molecule has 0 aliphatic heterocycles. The van der Waals surface area contributed by atoms with Crippen molar-refractivity contribution >= 4 is 27.6 Å². The first kappa shape index (κ1) is 23.4. The van der Waals surface area contributed by atoms with Crippen LogP contribution in [0.15, 0.2) is 47.4 Å². The number of anilines is 1. The molecule has 1 N–H and O–H groups in total. The molecule has 0 aliphatic rings. The Bertz CT molecular complexity index is 1000. The van der Waals surface area contributed by atoms with Crippen molar-refractivity contribution in [1.29, 1.82) is 0 Å².